The van der Waals surface area contributed by atoms with E-state index in [4.69, 9.17) is 4.42 Å². The first kappa shape index (κ1) is 19.1. The van der Waals surface area contributed by atoms with Crippen LogP contribution in [0.3, 0.4) is 0 Å². The Hall–Kier alpha value is -4.19. The Balaban J connectivity index is 1.51. The highest BCUT2D eigenvalue weighted by Crippen LogP contribution is 2.12. The summed E-state index contributed by atoms with van der Waals surface area (Å²) >= 11 is 0. The average molecular weight is 397 g/mol. The standard InChI is InChI=1S/C24H19N3O3/c28-23(19-11-13-20(14-12-19)25-24(29)21-9-6-16-30-21)26-22-10-4-5-15-27(22)17-18-7-2-1-3-8-18/h1-16H,17H2,(H,25,29). The first-order valence-electron chi connectivity index (χ1n) is 9.42. The molecule has 2 aromatic heterocycles. The first-order valence-corrected chi connectivity index (χ1v) is 9.42. The second kappa shape index (κ2) is 8.87. The third-order valence-electron chi connectivity index (χ3n) is 4.46. The number of nitrogens with zero attached hydrogens (tertiary/aromatic N) is 2. The van der Waals surface area contributed by atoms with E-state index in [9.17, 15) is 9.59 Å². The summed E-state index contributed by atoms with van der Waals surface area (Å²) in [5.41, 5.74) is 2.68. The van der Waals surface area contributed by atoms with Gasteiger partial charge in [0.15, 0.2) is 5.76 Å². The van der Waals surface area contributed by atoms with Gasteiger partial charge in [0.2, 0.25) is 0 Å². The Labute approximate surface area is 173 Å². The fourth-order valence-corrected chi connectivity index (χ4v) is 2.95. The van der Waals surface area contributed by atoms with Gasteiger partial charge in [-0.2, -0.15) is 4.99 Å². The number of nitrogens with one attached hydrogen (secondary N) is 1. The van der Waals surface area contributed by atoms with Crippen LogP contribution in [-0.4, -0.2) is 16.4 Å². The molecule has 0 spiro atoms. The fraction of sp³-hybridized carbons (Fsp3) is 0.0417. The molecule has 0 bridgehead atoms. The molecule has 2 amide bonds. The Morgan fingerprint density at radius 3 is 2.37 bits per heavy atom. The van der Waals surface area contributed by atoms with Gasteiger partial charge in [-0.1, -0.05) is 36.4 Å². The molecule has 4 aromatic rings. The van der Waals surface area contributed by atoms with Gasteiger partial charge in [-0.05, 0) is 54.1 Å². The summed E-state index contributed by atoms with van der Waals surface area (Å²) in [6.07, 6.45) is 3.33. The van der Waals surface area contributed by atoms with Gasteiger partial charge >= 0.3 is 0 Å². The predicted octanol–water partition coefficient (Wildman–Crippen LogP) is 4.12. The lowest BCUT2D eigenvalue weighted by Crippen LogP contribution is -2.22. The summed E-state index contributed by atoms with van der Waals surface area (Å²) in [4.78, 5) is 29.0. The van der Waals surface area contributed by atoms with Crippen LogP contribution in [0.2, 0.25) is 0 Å². The van der Waals surface area contributed by atoms with Crippen molar-refractivity contribution in [3.8, 4) is 0 Å². The van der Waals surface area contributed by atoms with Gasteiger partial charge in [0, 0.05) is 24.0 Å². The number of carbonyl (C=O) groups excluding carboxylic acids is 2. The van der Waals surface area contributed by atoms with E-state index in [2.05, 4.69) is 10.3 Å². The van der Waals surface area contributed by atoms with Crippen LogP contribution in [0.25, 0.3) is 0 Å². The van der Waals surface area contributed by atoms with Gasteiger partial charge in [0.05, 0.1) is 6.26 Å². The number of amides is 2. The molecule has 4 rings (SSSR count). The zero-order valence-electron chi connectivity index (χ0n) is 16.1. The number of hydrogen-bond acceptors (Lipinski definition) is 3. The van der Waals surface area contributed by atoms with E-state index >= 15 is 0 Å². The molecule has 1 N–H and O–H groups in total. The lowest BCUT2D eigenvalue weighted by Gasteiger charge is -2.07. The molecule has 0 saturated heterocycles. The molecule has 0 unspecified atom stereocenters. The third-order valence-corrected chi connectivity index (χ3v) is 4.46. The van der Waals surface area contributed by atoms with Crippen molar-refractivity contribution in [1.82, 2.24) is 4.57 Å². The van der Waals surface area contributed by atoms with Crippen LogP contribution in [0.1, 0.15) is 26.5 Å². The zero-order valence-corrected chi connectivity index (χ0v) is 16.1. The largest absolute Gasteiger partial charge is 0.459 e. The van der Waals surface area contributed by atoms with E-state index in [0.717, 1.165) is 5.56 Å². The molecule has 2 heterocycles. The molecular formula is C24H19N3O3. The molecule has 0 aliphatic carbocycles. The van der Waals surface area contributed by atoms with E-state index in [-0.39, 0.29) is 17.6 Å². The van der Waals surface area contributed by atoms with Crippen molar-refractivity contribution in [2.45, 2.75) is 6.54 Å². The van der Waals surface area contributed by atoms with Crippen LogP contribution in [-0.2, 0) is 6.54 Å². The van der Waals surface area contributed by atoms with Crippen molar-refractivity contribution in [3.63, 3.8) is 0 Å². The number of furan rings is 1. The summed E-state index contributed by atoms with van der Waals surface area (Å²) in [5, 5.41) is 2.72. The average Bonchev–Trinajstić information content (AvgIpc) is 3.31. The molecule has 0 radical (unpaired) electrons. The molecule has 30 heavy (non-hydrogen) atoms. The molecule has 0 aliphatic rings. The van der Waals surface area contributed by atoms with Crippen LogP contribution >= 0.6 is 0 Å². The molecule has 6 heteroatoms. The highest BCUT2D eigenvalue weighted by molar-refractivity contribution is 6.02. The maximum Gasteiger partial charge on any atom is 0.291 e. The number of carbonyl (C=O) groups is 2. The van der Waals surface area contributed by atoms with Crippen molar-refractivity contribution >= 4 is 17.5 Å². The number of rotatable bonds is 5. The van der Waals surface area contributed by atoms with E-state index in [1.54, 1.807) is 42.5 Å². The maximum absolute atomic E-state index is 12.7. The quantitative estimate of drug-likeness (QED) is 0.550. The molecule has 148 valence electrons. The third kappa shape index (κ3) is 4.62. The summed E-state index contributed by atoms with van der Waals surface area (Å²) in [6, 6.07) is 25.4. The number of benzene rings is 2. The minimum Gasteiger partial charge on any atom is -0.459 e. The van der Waals surface area contributed by atoms with Gasteiger partial charge in [0.1, 0.15) is 5.49 Å². The summed E-state index contributed by atoms with van der Waals surface area (Å²) < 4.78 is 6.99. The van der Waals surface area contributed by atoms with E-state index in [1.165, 1.54) is 6.26 Å². The second-order valence-corrected chi connectivity index (χ2v) is 6.60. The van der Waals surface area contributed by atoms with Crippen molar-refractivity contribution in [2.24, 2.45) is 4.99 Å². The Kier molecular flexibility index (Phi) is 5.66. The van der Waals surface area contributed by atoms with Gasteiger partial charge in [-0.3, -0.25) is 9.59 Å². The number of aromatic nitrogens is 1. The molecular weight excluding hydrogens is 378 g/mol. The van der Waals surface area contributed by atoms with Gasteiger partial charge in [0.25, 0.3) is 11.8 Å². The maximum atomic E-state index is 12.7. The van der Waals surface area contributed by atoms with Crippen LogP contribution in [0.15, 0.2) is 107 Å². The monoisotopic (exact) mass is 397 g/mol. The van der Waals surface area contributed by atoms with Crippen molar-refractivity contribution in [3.05, 3.63) is 120 Å². The van der Waals surface area contributed by atoms with Crippen LogP contribution in [0.4, 0.5) is 5.69 Å². The first-order chi connectivity index (χ1) is 14.7. The normalized spacial score (nSPS) is 11.3. The fourth-order valence-electron chi connectivity index (χ4n) is 2.95. The van der Waals surface area contributed by atoms with Crippen molar-refractivity contribution in [2.75, 3.05) is 5.32 Å². The Bertz CT molecular complexity index is 1210. The lowest BCUT2D eigenvalue weighted by atomic mass is 10.2. The highest BCUT2D eigenvalue weighted by atomic mass is 16.3. The molecule has 0 fully saturated rings. The van der Waals surface area contributed by atoms with Gasteiger partial charge in [-0.25, -0.2) is 0 Å². The van der Waals surface area contributed by atoms with Gasteiger partial charge in [-0.15, -0.1) is 0 Å². The summed E-state index contributed by atoms with van der Waals surface area (Å²) in [5.74, 6) is -0.487. The van der Waals surface area contributed by atoms with Crippen LogP contribution in [0.5, 0.6) is 0 Å². The summed E-state index contributed by atoms with van der Waals surface area (Å²) in [6.45, 7) is 0.617. The van der Waals surface area contributed by atoms with Gasteiger partial charge < -0.3 is 14.3 Å². The minimum atomic E-state index is -0.355. The highest BCUT2D eigenvalue weighted by Gasteiger charge is 2.10. The zero-order chi connectivity index (χ0) is 20.8. The molecule has 2 aromatic carbocycles. The second-order valence-electron chi connectivity index (χ2n) is 6.60. The molecule has 0 saturated carbocycles. The van der Waals surface area contributed by atoms with Crippen molar-refractivity contribution < 1.29 is 14.0 Å². The minimum absolute atomic E-state index is 0.220. The van der Waals surface area contributed by atoms with E-state index in [0.29, 0.717) is 23.3 Å². The smallest absolute Gasteiger partial charge is 0.291 e. The Morgan fingerprint density at radius 1 is 0.867 bits per heavy atom. The lowest BCUT2D eigenvalue weighted by molar-refractivity contribution is 0.0990. The summed E-state index contributed by atoms with van der Waals surface area (Å²) in [7, 11) is 0. The predicted molar refractivity (Wildman–Crippen MR) is 113 cm³/mol. The van der Waals surface area contributed by atoms with Crippen molar-refractivity contribution in [1.29, 1.82) is 0 Å². The topological polar surface area (TPSA) is 76.6 Å². The number of hydrogen-bond donors (Lipinski definition) is 1. The Morgan fingerprint density at radius 2 is 1.63 bits per heavy atom. The molecule has 6 nitrogen and oxygen atoms in total. The van der Waals surface area contributed by atoms with E-state index < -0.39 is 0 Å². The van der Waals surface area contributed by atoms with Crippen LogP contribution < -0.4 is 10.8 Å². The van der Waals surface area contributed by atoms with E-state index in [1.807, 2.05) is 53.2 Å². The molecule has 0 atom stereocenters. The molecule has 0 aliphatic heterocycles. The number of pyridine rings is 1. The number of anilines is 1. The SMILES string of the molecule is O=C(N=c1ccccn1Cc1ccccc1)c1ccc(NC(=O)c2ccco2)cc1. The van der Waals surface area contributed by atoms with Crippen LogP contribution in [0, 0.1) is 0 Å².